The summed E-state index contributed by atoms with van der Waals surface area (Å²) >= 11 is 0. The highest BCUT2D eigenvalue weighted by atomic mass is 16.2. The number of para-hydroxylation sites is 2. The molecule has 0 unspecified atom stereocenters. The largest absolute Gasteiger partial charge is 0.396 e. The molecular formula is C15H14N2O. The van der Waals surface area contributed by atoms with Crippen LogP contribution in [0.3, 0.4) is 0 Å². The Morgan fingerprint density at radius 3 is 2.56 bits per heavy atom. The lowest BCUT2D eigenvalue weighted by Crippen LogP contribution is -1.94. The van der Waals surface area contributed by atoms with Crippen LogP contribution in [0.25, 0.3) is 16.7 Å². The molecule has 0 saturated heterocycles. The zero-order valence-corrected chi connectivity index (χ0v) is 9.95. The highest BCUT2D eigenvalue weighted by molar-refractivity contribution is 5.77. The van der Waals surface area contributed by atoms with Gasteiger partial charge in [0, 0.05) is 12.3 Å². The van der Waals surface area contributed by atoms with Crippen molar-refractivity contribution in [1.82, 2.24) is 9.55 Å². The molecule has 3 aromatic rings. The van der Waals surface area contributed by atoms with E-state index >= 15 is 0 Å². The minimum atomic E-state index is 0.188. The van der Waals surface area contributed by atoms with Crippen molar-refractivity contribution in [1.29, 1.82) is 0 Å². The summed E-state index contributed by atoms with van der Waals surface area (Å²) in [5.41, 5.74) is 4.33. The second kappa shape index (κ2) is 4.63. The van der Waals surface area contributed by atoms with Gasteiger partial charge in [0.1, 0.15) is 6.33 Å². The first-order valence-electron chi connectivity index (χ1n) is 6.01. The summed E-state index contributed by atoms with van der Waals surface area (Å²) in [5, 5.41) is 8.90. The molecule has 1 heterocycles. The molecule has 0 spiro atoms. The third-order valence-corrected chi connectivity index (χ3v) is 3.07. The van der Waals surface area contributed by atoms with Crippen LogP contribution < -0.4 is 0 Å². The second-order valence-corrected chi connectivity index (χ2v) is 4.24. The highest BCUT2D eigenvalue weighted by Crippen LogP contribution is 2.18. The zero-order chi connectivity index (χ0) is 12.4. The number of benzene rings is 2. The molecule has 0 aliphatic carbocycles. The molecule has 90 valence electrons. The third-order valence-electron chi connectivity index (χ3n) is 3.07. The number of aliphatic hydroxyl groups excluding tert-OH is 1. The quantitative estimate of drug-likeness (QED) is 0.761. The molecule has 0 bridgehead atoms. The predicted molar refractivity (Wildman–Crippen MR) is 71.9 cm³/mol. The van der Waals surface area contributed by atoms with Gasteiger partial charge < -0.3 is 5.11 Å². The van der Waals surface area contributed by atoms with E-state index in [0.717, 1.165) is 22.3 Å². The van der Waals surface area contributed by atoms with Gasteiger partial charge in [-0.1, -0.05) is 24.3 Å². The van der Waals surface area contributed by atoms with E-state index < -0.39 is 0 Å². The van der Waals surface area contributed by atoms with Crippen LogP contribution >= 0.6 is 0 Å². The fraction of sp³-hybridized carbons (Fsp3) is 0.133. The number of imidazole rings is 1. The number of hydrogen-bond donors (Lipinski definition) is 1. The molecule has 3 heteroatoms. The Labute approximate surface area is 105 Å². The lowest BCUT2D eigenvalue weighted by atomic mass is 10.1. The van der Waals surface area contributed by atoms with Crippen molar-refractivity contribution in [2.75, 3.05) is 6.61 Å². The molecule has 0 atom stereocenters. The van der Waals surface area contributed by atoms with E-state index in [1.165, 1.54) is 0 Å². The number of hydrogen-bond acceptors (Lipinski definition) is 2. The zero-order valence-electron chi connectivity index (χ0n) is 9.95. The number of nitrogens with zero attached hydrogens (tertiary/aromatic N) is 2. The number of aliphatic hydroxyl groups is 1. The van der Waals surface area contributed by atoms with Crippen molar-refractivity contribution in [3.8, 4) is 5.69 Å². The predicted octanol–water partition coefficient (Wildman–Crippen LogP) is 2.56. The summed E-state index contributed by atoms with van der Waals surface area (Å²) in [6.07, 6.45) is 2.54. The molecule has 2 aromatic carbocycles. The Hall–Kier alpha value is -2.13. The molecule has 0 aliphatic heterocycles. The average molecular weight is 238 g/mol. The molecule has 18 heavy (non-hydrogen) atoms. The van der Waals surface area contributed by atoms with Crippen LogP contribution in [0.4, 0.5) is 0 Å². The van der Waals surface area contributed by atoms with Gasteiger partial charge in [0.25, 0.3) is 0 Å². The van der Waals surface area contributed by atoms with Gasteiger partial charge in [-0.25, -0.2) is 4.98 Å². The summed E-state index contributed by atoms with van der Waals surface area (Å²) in [6, 6.07) is 16.3. The van der Waals surface area contributed by atoms with Crippen LogP contribution in [0.15, 0.2) is 54.9 Å². The highest BCUT2D eigenvalue weighted by Gasteiger charge is 2.03. The molecule has 3 nitrogen and oxygen atoms in total. The summed E-state index contributed by atoms with van der Waals surface area (Å²) in [4.78, 5) is 4.38. The Bertz CT molecular complexity index is 656. The minimum Gasteiger partial charge on any atom is -0.396 e. The summed E-state index contributed by atoms with van der Waals surface area (Å²) in [6.45, 7) is 0.188. The summed E-state index contributed by atoms with van der Waals surface area (Å²) in [7, 11) is 0. The monoisotopic (exact) mass is 238 g/mol. The molecule has 1 N–H and O–H groups in total. The standard InChI is InChI=1S/C15H14N2O/c18-10-9-12-5-7-13(8-6-12)17-11-16-14-3-1-2-4-15(14)17/h1-8,11,18H,9-10H2. The molecular weight excluding hydrogens is 224 g/mol. The second-order valence-electron chi connectivity index (χ2n) is 4.24. The van der Waals surface area contributed by atoms with Gasteiger partial charge in [-0.3, -0.25) is 4.57 Å². The van der Waals surface area contributed by atoms with Crippen LogP contribution in [0, 0.1) is 0 Å². The van der Waals surface area contributed by atoms with E-state index in [4.69, 9.17) is 5.11 Å². The van der Waals surface area contributed by atoms with E-state index in [2.05, 4.69) is 27.8 Å². The maximum atomic E-state index is 8.90. The molecule has 1 aromatic heterocycles. The number of fused-ring (bicyclic) bond motifs is 1. The molecule has 0 radical (unpaired) electrons. The first kappa shape index (κ1) is 11.0. The first-order chi connectivity index (χ1) is 8.88. The van der Waals surface area contributed by atoms with E-state index in [0.29, 0.717) is 6.42 Å². The van der Waals surface area contributed by atoms with Gasteiger partial charge in [0.2, 0.25) is 0 Å². The van der Waals surface area contributed by atoms with Crippen LogP contribution in [0.5, 0.6) is 0 Å². The smallest absolute Gasteiger partial charge is 0.100 e. The fourth-order valence-corrected chi connectivity index (χ4v) is 2.12. The van der Waals surface area contributed by atoms with Gasteiger partial charge in [0.15, 0.2) is 0 Å². The fourth-order valence-electron chi connectivity index (χ4n) is 2.12. The Balaban J connectivity index is 2.03. The van der Waals surface area contributed by atoms with Crippen LogP contribution in [-0.2, 0) is 6.42 Å². The third kappa shape index (κ3) is 1.89. The minimum absolute atomic E-state index is 0.188. The van der Waals surface area contributed by atoms with Gasteiger partial charge in [-0.15, -0.1) is 0 Å². The van der Waals surface area contributed by atoms with Gasteiger partial charge in [0.05, 0.1) is 11.0 Å². The van der Waals surface area contributed by atoms with Crippen molar-refractivity contribution < 1.29 is 5.11 Å². The molecule has 0 aliphatic rings. The first-order valence-corrected chi connectivity index (χ1v) is 6.01. The van der Waals surface area contributed by atoms with Crippen molar-refractivity contribution in [2.24, 2.45) is 0 Å². The van der Waals surface area contributed by atoms with Crippen molar-refractivity contribution in [3.63, 3.8) is 0 Å². The van der Waals surface area contributed by atoms with Crippen molar-refractivity contribution in [2.45, 2.75) is 6.42 Å². The Kier molecular flexibility index (Phi) is 2.82. The van der Waals surface area contributed by atoms with Crippen LogP contribution in [0.2, 0.25) is 0 Å². The van der Waals surface area contributed by atoms with Gasteiger partial charge in [-0.05, 0) is 36.2 Å². The van der Waals surface area contributed by atoms with Crippen molar-refractivity contribution in [3.05, 3.63) is 60.4 Å². The summed E-state index contributed by atoms with van der Waals surface area (Å²) < 4.78 is 2.07. The SMILES string of the molecule is OCCc1ccc(-n2cnc3ccccc32)cc1. The lowest BCUT2D eigenvalue weighted by molar-refractivity contribution is 0.299. The topological polar surface area (TPSA) is 38.0 Å². The maximum absolute atomic E-state index is 8.90. The van der Waals surface area contributed by atoms with E-state index in [1.54, 1.807) is 0 Å². The van der Waals surface area contributed by atoms with E-state index in [1.807, 2.05) is 36.7 Å². The summed E-state index contributed by atoms with van der Waals surface area (Å²) in [5.74, 6) is 0. The lowest BCUT2D eigenvalue weighted by Gasteiger charge is -2.05. The Morgan fingerprint density at radius 2 is 1.78 bits per heavy atom. The normalized spacial score (nSPS) is 10.9. The molecule has 0 fully saturated rings. The van der Waals surface area contributed by atoms with E-state index in [-0.39, 0.29) is 6.61 Å². The van der Waals surface area contributed by atoms with E-state index in [9.17, 15) is 0 Å². The van der Waals surface area contributed by atoms with Crippen LogP contribution in [0.1, 0.15) is 5.56 Å². The van der Waals surface area contributed by atoms with Crippen molar-refractivity contribution >= 4 is 11.0 Å². The molecule has 0 amide bonds. The molecule has 0 saturated carbocycles. The van der Waals surface area contributed by atoms with Gasteiger partial charge >= 0.3 is 0 Å². The van der Waals surface area contributed by atoms with Gasteiger partial charge in [-0.2, -0.15) is 0 Å². The Morgan fingerprint density at radius 1 is 1.00 bits per heavy atom. The number of aromatic nitrogens is 2. The molecule has 3 rings (SSSR count). The van der Waals surface area contributed by atoms with Crippen LogP contribution in [-0.4, -0.2) is 21.3 Å². The maximum Gasteiger partial charge on any atom is 0.100 e. The average Bonchev–Trinajstić information content (AvgIpc) is 2.84. The number of rotatable bonds is 3.